The van der Waals surface area contributed by atoms with Gasteiger partial charge in [-0.1, -0.05) is 12.1 Å². The maximum Gasteiger partial charge on any atom is 0.354 e. The van der Waals surface area contributed by atoms with Crippen LogP contribution in [0.2, 0.25) is 0 Å². The molecule has 3 N–H and O–H groups in total. The van der Waals surface area contributed by atoms with Gasteiger partial charge in [0.1, 0.15) is 22.9 Å². The molecule has 1 aromatic heterocycles. The first kappa shape index (κ1) is 23.1. The Hall–Kier alpha value is -4.66. The lowest BCUT2D eigenvalue weighted by atomic mass is 9.99. The summed E-state index contributed by atoms with van der Waals surface area (Å²) in [5.41, 5.74) is 1.93. The number of aromatic carboxylic acids is 1. The molecule has 36 heavy (non-hydrogen) atoms. The van der Waals surface area contributed by atoms with Crippen molar-refractivity contribution in [3.05, 3.63) is 60.3 Å². The first-order valence-corrected chi connectivity index (χ1v) is 11.3. The van der Waals surface area contributed by atoms with E-state index in [-0.39, 0.29) is 24.3 Å². The number of anilines is 1. The Morgan fingerprint density at radius 3 is 2.42 bits per heavy atom. The Labute approximate surface area is 206 Å². The highest BCUT2D eigenvalue weighted by molar-refractivity contribution is 6.16. The molecule has 0 fully saturated rings. The second-order valence-corrected chi connectivity index (χ2v) is 8.53. The van der Waals surface area contributed by atoms with Gasteiger partial charge in [-0.3, -0.25) is 4.79 Å². The minimum atomic E-state index is -1.19. The molecule has 1 aliphatic rings. The Morgan fingerprint density at radius 2 is 1.72 bits per heavy atom. The number of amides is 1. The van der Waals surface area contributed by atoms with E-state index in [4.69, 9.17) is 18.9 Å². The molecule has 0 saturated carbocycles. The quantitative estimate of drug-likeness (QED) is 0.301. The van der Waals surface area contributed by atoms with E-state index < -0.39 is 11.9 Å². The lowest BCUT2D eigenvalue weighted by molar-refractivity contribution is -0.114. The maximum absolute atomic E-state index is 12.0. The van der Waals surface area contributed by atoms with E-state index in [2.05, 4.69) is 10.3 Å². The summed E-state index contributed by atoms with van der Waals surface area (Å²) in [5, 5.41) is 13.0. The zero-order valence-electron chi connectivity index (χ0n) is 19.9. The van der Waals surface area contributed by atoms with Crippen molar-refractivity contribution in [3.8, 4) is 39.9 Å². The average Bonchev–Trinajstić information content (AvgIpc) is 3.43. The average molecular weight is 488 g/mol. The third-order valence-corrected chi connectivity index (χ3v) is 5.53. The van der Waals surface area contributed by atoms with Crippen molar-refractivity contribution in [1.29, 1.82) is 0 Å². The number of carboxylic acids is 1. The Kier molecular flexibility index (Phi) is 5.89. The van der Waals surface area contributed by atoms with Crippen molar-refractivity contribution < 1.29 is 33.6 Å². The smallest absolute Gasteiger partial charge is 0.354 e. The molecular formula is C27H24N2O7. The van der Waals surface area contributed by atoms with E-state index in [1.54, 1.807) is 30.3 Å². The number of ether oxygens (including phenoxy) is 4. The number of aromatic nitrogens is 1. The predicted octanol–water partition coefficient (Wildman–Crippen LogP) is 5.80. The van der Waals surface area contributed by atoms with Crippen LogP contribution in [0.1, 0.15) is 31.3 Å². The van der Waals surface area contributed by atoms with Gasteiger partial charge < -0.3 is 34.4 Å². The van der Waals surface area contributed by atoms with Crippen molar-refractivity contribution in [2.24, 2.45) is 0 Å². The molecule has 184 valence electrons. The van der Waals surface area contributed by atoms with Crippen molar-refractivity contribution in [1.82, 2.24) is 4.98 Å². The van der Waals surface area contributed by atoms with Gasteiger partial charge in [0.25, 0.3) is 0 Å². The molecule has 9 heteroatoms. The first-order chi connectivity index (χ1) is 17.3. The van der Waals surface area contributed by atoms with Crippen LogP contribution in [0.3, 0.4) is 0 Å². The van der Waals surface area contributed by atoms with Crippen LogP contribution in [-0.2, 0) is 4.79 Å². The molecule has 0 spiro atoms. The van der Waals surface area contributed by atoms with Crippen LogP contribution in [0, 0.1) is 0 Å². The number of carbonyl (C=O) groups is 2. The van der Waals surface area contributed by atoms with Gasteiger partial charge in [0, 0.05) is 29.5 Å². The van der Waals surface area contributed by atoms with Gasteiger partial charge in [-0.2, -0.15) is 0 Å². The molecular weight excluding hydrogens is 464 g/mol. The Morgan fingerprint density at radius 1 is 1.00 bits per heavy atom. The van der Waals surface area contributed by atoms with E-state index >= 15 is 0 Å². The monoisotopic (exact) mass is 488 g/mol. The molecule has 5 rings (SSSR count). The third-order valence-electron chi connectivity index (χ3n) is 5.53. The number of fused-ring (bicyclic) bond motifs is 2. The number of rotatable bonds is 7. The molecule has 2 heterocycles. The number of nitrogens with one attached hydrogen (secondary N) is 2. The molecule has 9 nitrogen and oxygen atoms in total. The van der Waals surface area contributed by atoms with Gasteiger partial charge in [-0.25, -0.2) is 4.79 Å². The van der Waals surface area contributed by atoms with E-state index in [1.165, 1.54) is 6.92 Å². The van der Waals surface area contributed by atoms with Crippen LogP contribution < -0.4 is 24.3 Å². The maximum atomic E-state index is 12.0. The summed E-state index contributed by atoms with van der Waals surface area (Å²) >= 11 is 0. The number of H-pyrrole nitrogens is 1. The standard InChI is InChI=1S/C27H24N2O7/c1-14(2)35-17-6-4-16(5-7-17)23-21(36-18-8-10-20-22(12-18)34-13-33-20)11-9-19-24(23)25(28-15(3)30)26(29-19)27(31)32/h4-12,14,29H,13H2,1-3H3,(H,28,30)(H,31,32). The minimum absolute atomic E-state index is 0.0124. The number of carboxylic acid groups (broad SMARTS) is 1. The first-order valence-electron chi connectivity index (χ1n) is 11.3. The van der Waals surface area contributed by atoms with Crippen molar-refractivity contribution in [3.63, 3.8) is 0 Å². The van der Waals surface area contributed by atoms with Crippen molar-refractivity contribution >= 4 is 28.5 Å². The fourth-order valence-corrected chi connectivity index (χ4v) is 4.14. The number of hydrogen-bond donors (Lipinski definition) is 3. The molecule has 0 unspecified atom stereocenters. The lowest BCUT2D eigenvalue weighted by Gasteiger charge is -2.16. The fourth-order valence-electron chi connectivity index (χ4n) is 4.14. The molecule has 0 saturated heterocycles. The summed E-state index contributed by atoms with van der Waals surface area (Å²) in [5.74, 6) is 1.27. The fraction of sp³-hybridized carbons (Fsp3) is 0.185. The van der Waals surface area contributed by atoms with Gasteiger partial charge in [-0.05, 0) is 55.8 Å². The van der Waals surface area contributed by atoms with Crippen LogP contribution in [0.4, 0.5) is 5.69 Å². The molecule has 0 aliphatic carbocycles. The highest BCUT2D eigenvalue weighted by atomic mass is 16.7. The SMILES string of the molecule is CC(=O)Nc1c(C(=O)O)[nH]c2ccc(Oc3ccc4c(c3)OCO4)c(-c3ccc(OC(C)C)cc3)c12. The van der Waals surface area contributed by atoms with Crippen molar-refractivity contribution in [2.45, 2.75) is 26.9 Å². The Balaban J connectivity index is 1.70. The highest BCUT2D eigenvalue weighted by Crippen LogP contribution is 2.45. The van der Waals surface area contributed by atoms with Crippen LogP contribution in [0.5, 0.6) is 28.7 Å². The minimum Gasteiger partial charge on any atom is -0.491 e. The summed E-state index contributed by atoms with van der Waals surface area (Å²) in [6.45, 7) is 5.36. The normalized spacial score (nSPS) is 12.1. The summed E-state index contributed by atoms with van der Waals surface area (Å²) in [6, 6.07) is 16.1. The van der Waals surface area contributed by atoms with Gasteiger partial charge in [0.15, 0.2) is 11.5 Å². The number of aromatic amines is 1. The zero-order chi connectivity index (χ0) is 25.4. The van der Waals surface area contributed by atoms with Gasteiger partial charge in [-0.15, -0.1) is 0 Å². The number of benzene rings is 3. The summed E-state index contributed by atoms with van der Waals surface area (Å²) in [4.78, 5) is 26.9. The predicted molar refractivity (Wildman–Crippen MR) is 133 cm³/mol. The van der Waals surface area contributed by atoms with Gasteiger partial charge in [0.05, 0.1) is 11.8 Å². The largest absolute Gasteiger partial charge is 0.491 e. The molecule has 1 aliphatic heterocycles. The van der Waals surface area contributed by atoms with Crippen LogP contribution >= 0.6 is 0 Å². The van der Waals surface area contributed by atoms with E-state index in [0.29, 0.717) is 45.2 Å². The Bertz CT molecular complexity index is 1470. The molecule has 3 aromatic carbocycles. The zero-order valence-corrected chi connectivity index (χ0v) is 19.9. The second-order valence-electron chi connectivity index (χ2n) is 8.53. The summed E-state index contributed by atoms with van der Waals surface area (Å²) in [6.07, 6.45) is 0.0124. The molecule has 0 bridgehead atoms. The topological polar surface area (TPSA) is 119 Å². The molecule has 0 radical (unpaired) electrons. The van der Waals surface area contributed by atoms with Gasteiger partial charge in [0.2, 0.25) is 12.7 Å². The lowest BCUT2D eigenvalue weighted by Crippen LogP contribution is -2.10. The second kappa shape index (κ2) is 9.18. The summed E-state index contributed by atoms with van der Waals surface area (Å²) in [7, 11) is 0. The number of carbonyl (C=O) groups excluding carboxylic acids is 1. The molecule has 0 atom stereocenters. The number of hydrogen-bond acceptors (Lipinski definition) is 6. The van der Waals surface area contributed by atoms with E-state index in [9.17, 15) is 14.7 Å². The third kappa shape index (κ3) is 4.38. The molecule has 1 amide bonds. The van der Waals surface area contributed by atoms with Crippen LogP contribution in [-0.4, -0.2) is 34.9 Å². The summed E-state index contributed by atoms with van der Waals surface area (Å²) < 4.78 is 22.9. The van der Waals surface area contributed by atoms with Crippen molar-refractivity contribution in [2.75, 3.05) is 12.1 Å². The van der Waals surface area contributed by atoms with E-state index in [0.717, 1.165) is 5.56 Å². The van der Waals surface area contributed by atoms with Crippen LogP contribution in [0.15, 0.2) is 54.6 Å². The molecule has 4 aromatic rings. The van der Waals surface area contributed by atoms with E-state index in [1.807, 2.05) is 38.1 Å². The van der Waals surface area contributed by atoms with Crippen LogP contribution in [0.25, 0.3) is 22.0 Å². The van der Waals surface area contributed by atoms with Gasteiger partial charge >= 0.3 is 5.97 Å². The highest BCUT2D eigenvalue weighted by Gasteiger charge is 2.24.